The molecule has 0 aliphatic rings. The standard InChI is InChI=1S/C6H11ClO4S/c1-5(4-6(8)9)12(10,11)3-2-7/h5H,2-4H2,1H3,(H,8,9). The predicted molar refractivity (Wildman–Crippen MR) is 46.2 cm³/mol. The lowest BCUT2D eigenvalue weighted by molar-refractivity contribution is -0.136. The van der Waals surface area contributed by atoms with Gasteiger partial charge in [-0.15, -0.1) is 11.6 Å². The van der Waals surface area contributed by atoms with E-state index in [1.54, 1.807) is 0 Å². The first kappa shape index (κ1) is 11.7. The largest absolute Gasteiger partial charge is 0.481 e. The molecule has 0 aromatic carbocycles. The third-order valence-corrected chi connectivity index (χ3v) is 4.02. The fraction of sp³-hybridized carbons (Fsp3) is 0.833. The van der Waals surface area contributed by atoms with Gasteiger partial charge in [0.25, 0.3) is 0 Å². The van der Waals surface area contributed by atoms with Gasteiger partial charge >= 0.3 is 5.97 Å². The van der Waals surface area contributed by atoms with E-state index in [4.69, 9.17) is 16.7 Å². The number of sulfone groups is 1. The van der Waals surface area contributed by atoms with Crippen LogP contribution in [-0.4, -0.2) is 36.4 Å². The molecule has 0 aromatic rings. The van der Waals surface area contributed by atoms with Crippen molar-refractivity contribution in [3.05, 3.63) is 0 Å². The molecule has 0 aliphatic heterocycles. The normalized spacial score (nSPS) is 14.2. The molecule has 0 radical (unpaired) electrons. The molecular weight excluding hydrogens is 204 g/mol. The van der Waals surface area contributed by atoms with E-state index in [1.807, 2.05) is 0 Å². The number of halogens is 1. The van der Waals surface area contributed by atoms with Crippen LogP contribution < -0.4 is 0 Å². The molecule has 0 amide bonds. The third kappa shape index (κ3) is 3.92. The Labute approximate surface area is 76.4 Å². The Morgan fingerprint density at radius 2 is 2.08 bits per heavy atom. The summed E-state index contributed by atoms with van der Waals surface area (Å²) in [5, 5.41) is 7.47. The molecule has 0 saturated heterocycles. The van der Waals surface area contributed by atoms with Crippen molar-refractivity contribution in [1.29, 1.82) is 0 Å². The van der Waals surface area contributed by atoms with Crippen LogP contribution in [0.5, 0.6) is 0 Å². The van der Waals surface area contributed by atoms with Crippen molar-refractivity contribution in [2.75, 3.05) is 11.6 Å². The number of hydrogen-bond donors (Lipinski definition) is 1. The summed E-state index contributed by atoms with van der Waals surface area (Å²) in [5.41, 5.74) is 0. The summed E-state index contributed by atoms with van der Waals surface area (Å²) < 4.78 is 22.2. The minimum absolute atomic E-state index is 0.00624. The highest BCUT2D eigenvalue weighted by Gasteiger charge is 2.22. The Bertz CT molecular complexity index is 246. The van der Waals surface area contributed by atoms with Crippen LogP contribution >= 0.6 is 11.6 Å². The van der Waals surface area contributed by atoms with E-state index in [0.29, 0.717) is 0 Å². The quantitative estimate of drug-likeness (QED) is 0.677. The summed E-state index contributed by atoms with van der Waals surface area (Å²) in [5.74, 6) is -1.27. The highest BCUT2D eigenvalue weighted by molar-refractivity contribution is 7.92. The maximum atomic E-state index is 11.1. The molecule has 0 aliphatic carbocycles. The lowest BCUT2D eigenvalue weighted by Crippen LogP contribution is -2.24. The maximum absolute atomic E-state index is 11.1. The lowest BCUT2D eigenvalue weighted by Gasteiger charge is -2.08. The van der Waals surface area contributed by atoms with Gasteiger partial charge < -0.3 is 5.11 Å². The zero-order valence-corrected chi connectivity index (χ0v) is 8.23. The number of carboxylic acids is 1. The SMILES string of the molecule is CC(CC(=O)O)S(=O)(=O)CCCl. The van der Waals surface area contributed by atoms with Gasteiger partial charge in [0, 0.05) is 5.88 Å². The molecule has 0 saturated carbocycles. The van der Waals surface area contributed by atoms with Crippen LogP contribution in [-0.2, 0) is 14.6 Å². The molecule has 1 unspecified atom stereocenters. The van der Waals surface area contributed by atoms with Crippen LogP contribution in [0.25, 0.3) is 0 Å². The van der Waals surface area contributed by atoms with Crippen molar-refractivity contribution >= 4 is 27.4 Å². The van der Waals surface area contributed by atoms with E-state index >= 15 is 0 Å². The molecule has 1 N–H and O–H groups in total. The molecule has 12 heavy (non-hydrogen) atoms. The minimum atomic E-state index is -3.32. The third-order valence-electron chi connectivity index (χ3n) is 1.44. The van der Waals surface area contributed by atoms with Crippen molar-refractivity contribution in [2.24, 2.45) is 0 Å². The first-order valence-electron chi connectivity index (χ1n) is 3.39. The average molecular weight is 215 g/mol. The number of carboxylic acid groups (broad SMARTS) is 1. The fourth-order valence-electron chi connectivity index (χ4n) is 0.682. The Kier molecular flexibility index (Phi) is 4.55. The lowest BCUT2D eigenvalue weighted by atomic mass is 10.3. The zero-order valence-electron chi connectivity index (χ0n) is 6.66. The van der Waals surface area contributed by atoms with Crippen molar-refractivity contribution in [1.82, 2.24) is 0 Å². The van der Waals surface area contributed by atoms with Crippen LogP contribution in [0.1, 0.15) is 13.3 Å². The van der Waals surface area contributed by atoms with E-state index in [2.05, 4.69) is 0 Å². The maximum Gasteiger partial charge on any atom is 0.304 e. The van der Waals surface area contributed by atoms with Gasteiger partial charge in [0.05, 0.1) is 17.4 Å². The Morgan fingerprint density at radius 1 is 1.58 bits per heavy atom. The van der Waals surface area contributed by atoms with Crippen LogP contribution in [0, 0.1) is 0 Å². The molecule has 4 nitrogen and oxygen atoms in total. The van der Waals surface area contributed by atoms with Gasteiger partial charge in [0.1, 0.15) is 0 Å². The number of aliphatic carboxylic acids is 1. The predicted octanol–water partition coefficient (Wildman–Crippen LogP) is 0.503. The monoisotopic (exact) mass is 214 g/mol. The number of hydrogen-bond acceptors (Lipinski definition) is 3. The van der Waals surface area contributed by atoms with Crippen LogP contribution in [0.4, 0.5) is 0 Å². The minimum Gasteiger partial charge on any atom is -0.481 e. The van der Waals surface area contributed by atoms with Gasteiger partial charge in [0.15, 0.2) is 9.84 Å². The second-order valence-corrected chi connectivity index (χ2v) is 5.38. The highest BCUT2D eigenvalue weighted by Crippen LogP contribution is 2.06. The molecule has 72 valence electrons. The zero-order chi connectivity index (χ0) is 9.78. The smallest absolute Gasteiger partial charge is 0.304 e. The summed E-state index contributed by atoms with van der Waals surface area (Å²) in [6, 6.07) is 0. The summed E-state index contributed by atoms with van der Waals surface area (Å²) in [4.78, 5) is 10.2. The number of rotatable bonds is 5. The van der Waals surface area contributed by atoms with Gasteiger partial charge in [0.2, 0.25) is 0 Å². The molecule has 1 atom stereocenters. The van der Waals surface area contributed by atoms with Gasteiger partial charge in [-0.05, 0) is 6.92 Å². The number of carbonyl (C=O) groups is 1. The Morgan fingerprint density at radius 3 is 2.42 bits per heavy atom. The van der Waals surface area contributed by atoms with Gasteiger partial charge in [-0.25, -0.2) is 8.42 Å². The van der Waals surface area contributed by atoms with Crippen molar-refractivity contribution < 1.29 is 18.3 Å². The first-order valence-corrected chi connectivity index (χ1v) is 5.64. The highest BCUT2D eigenvalue weighted by atomic mass is 35.5. The van der Waals surface area contributed by atoms with E-state index in [-0.39, 0.29) is 18.1 Å². The Balaban J connectivity index is 4.26. The summed E-state index contributed by atoms with van der Waals surface area (Å²) in [6.07, 6.45) is -0.362. The average Bonchev–Trinajstić information content (AvgIpc) is 1.85. The first-order chi connectivity index (χ1) is 5.40. The van der Waals surface area contributed by atoms with Crippen molar-refractivity contribution in [3.63, 3.8) is 0 Å². The van der Waals surface area contributed by atoms with Crippen molar-refractivity contribution in [2.45, 2.75) is 18.6 Å². The van der Waals surface area contributed by atoms with Gasteiger partial charge in [-0.3, -0.25) is 4.79 Å². The summed E-state index contributed by atoms with van der Waals surface area (Å²) in [7, 11) is -3.32. The molecule has 0 fully saturated rings. The Hall–Kier alpha value is -0.290. The van der Waals surface area contributed by atoms with Gasteiger partial charge in [-0.1, -0.05) is 0 Å². The van der Waals surface area contributed by atoms with E-state index in [0.717, 1.165) is 0 Å². The van der Waals surface area contributed by atoms with Crippen LogP contribution in [0.2, 0.25) is 0 Å². The van der Waals surface area contributed by atoms with E-state index in [1.165, 1.54) is 6.92 Å². The second-order valence-electron chi connectivity index (χ2n) is 2.46. The topological polar surface area (TPSA) is 71.4 Å². The van der Waals surface area contributed by atoms with Gasteiger partial charge in [-0.2, -0.15) is 0 Å². The van der Waals surface area contributed by atoms with Crippen LogP contribution in [0.15, 0.2) is 0 Å². The second kappa shape index (κ2) is 4.67. The molecule has 0 rings (SSSR count). The fourth-order valence-corrected chi connectivity index (χ4v) is 2.34. The molecule has 6 heteroatoms. The molecular formula is C6H11ClO4S. The summed E-state index contributed by atoms with van der Waals surface area (Å²) >= 11 is 5.24. The van der Waals surface area contributed by atoms with E-state index in [9.17, 15) is 13.2 Å². The molecule has 0 spiro atoms. The van der Waals surface area contributed by atoms with Crippen LogP contribution in [0.3, 0.4) is 0 Å². The van der Waals surface area contributed by atoms with E-state index < -0.39 is 21.1 Å². The molecule has 0 aromatic heterocycles. The number of alkyl halides is 1. The molecule has 0 bridgehead atoms. The van der Waals surface area contributed by atoms with Crippen molar-refractivity contribution in [3.8, 4) is 0 Å². The summed E-state index contributed by atoms with van der Waals surface area (Å²) in [6.45, 7) is 1.37. The molecule has 0 heterocycles.